The molecule has 0 radical (unpaired) electrons. The number of nitrogens with one attached hydrogen (secondary N) is 2. The number of carbonyl (C=O) groups is 2. The first kappa shape index (κ1) is 17.3. The van der Waals surface area contributed by atoms with Gasteiger partial charge in [-0.2, -0.15) is 0 Å². The molecule has 0 atom stereocenters. The highest BCUT2D eigenvalue weighted by atomic mass is 16.1. The van der Waals surface area contributed by atoms with Crippen LogP contribution in [-0.4, -0.2) is 21.7 Å². The first-order valence-electron chi connectivity index (χ1n) is 8.09. The molecule has 6 nitrogen and oxygen atoms in total. The van der Waals surface area contributed by atoms with Crippen LogP contribution in [0, 0.1) is 6.92 Å². The zero-order valence-electron chi connectivity index (χ0n) is 14.5. The molecule has 130 valence electrons. The minimum absolute atomic E-state index is 0.0593. The van der Waals surface area contributed by atoms with Crippen molar-refractivity contribution in [2.75, 3.05) is 10.6 Å². The monoisotopic (exact) mass is 346 g/mol. The Morgan fingerprint density at radius 1 is 0.885 bits per heavy atom. The first-order chi connectivity index (χ1) is 12.5. The third-order valence-electron chi connectivity index (χ3n) is 3.75. The van der Waals surface area contributed by atoms with E-state index < -0.39 is 0 Å². The molecular formula is C20H18N4O2. The van der Waals surface area contributed by atoms with Crippen LogP contribution < -0.4 is 10.6 Å². The minimum atomic E-state index is -0.340. The smallest absolute Gasteiger partial charge is 0.258 e. The van der Waals surface area contributed by atoms with E-state index >= 15 is 0 Å². The highest BCUT2D eigenvalue weighted by Gasteiger charge is 2.09. The Balaban J connectivity index is 1.68. The van der Waals surface area contributed by atoms with E-state index in [-0.39, 0.29) is 11.7 Å². The van der Waals surface area contributed by atoms with Gasteiger partial charge in [-0.1, -0.05) is 29.8 Å². The fourth-order valence-corrected chi connectivity index (χ4v) is 2.30. The van der Waals surface area contributed by atoms with Gasteiger partial charge in [-0.15, -0.1) is 0 Å². The fraction of sp³-hybridized carbons (Fsp3) is 0.100. The maximum absolute atomic E-state index is 12.3. The Labute approximate surface area is 151 Å². The van der Waals surface area contributed by atoms with Crippen LogP contribution in [0.5, 0.6) is 0 Å². The van der Waals surface area contributed by atoms with Crippen LogP contribution in [0.3, 0.4) is 0 Å². The van der Waals surface area contributed by atoms with Crippen molar-refractivity contribution in [3.8, 4) is 0 Å². The fourth-order valence-electron chi connectivity index (χ4n) is 2.30. The number of rotatable bonds is 5. The van der Waals surface area contributed by atoms with Gasteiger partial charge in [0.2, 0.25) is 5.95 Å². The average Bonchev–Trinajstić information content (AvgIpc) is 2.64. The Hall–Kier alpha value is -3.54. The van der Waals surface area contributed by atoms with Crippen molar-refractivity contribution in [3.05, 3.63) is 77.6 Å². The molecule has 1 heterocycles. The molecule has 1 amide bonds. The van der Waals surface area contributed by atoms with Gasteiger partial charge in [0.15, 0.2) is 5.78 Å². The summed E-state index contributed by atoms with van der Waals surface area (Å²) in [5.41, 5.74) is 3.44. The molecule has 0 spiro atoms. The molecule has 2 aromatic carbocycles. The van der Waals surface area contributed by atoms with E-state index in [1.807, 2.05) is 31.2 Å². The van der Waals surface area contributed by atoms with Crippen LogP contribution in [-0.2, 0) is 0 Å². The van der Waals surface area contributed by atoms with Crippen LogP contribution in [0.2, 0.25) is 0 Å². The molecule has 0 fully saturated rings. The summed E-state index contributed by atoms with van der Waals surface area (Å²) in [5, 5.41) is 5.81. The Morgan fingerprint density at radius 2 is 1.58 bits per heavy atom. The summed E-state index contributed by atoms with van der Waals surface area (Å²) < 4.78 is 0. The molecule has 3 rings (SSSR count). The molecule has 3 aromatic rings. The van der Waals surface area contributed by atoms with Crippen LogP contribution in [0.15, 0.2) is 60.9 Å². The van der Waals surface area contributed by atoms with E-state index in [9.17, 15) is 9.59 Å². The van der Waals surface area contributed by atoms with Gasteiger partial charge in [-0.25, -0.2) is 9.97 Å². The van der Waals surface area contributed by atoms with E-state index in [2.05, 4.69) is 20.6 Å². The number of anilines is 3. The molecule has 0 unspecified atom stereocenters. The van der Waals surface area contributed by atoms with Crippen LogP contribution in [0.1, 0.15) is 33.2 Å². The lowest BCUT2D eigenvalue weighted by molar-refractivity contribution is 0.101. The normalized spacial score (nSPS) is 10.2. The zero-order valence-corrected chi connectivity index (χ0v) is 14.5. The van der Waals surface area contributed by atoms with Gasteiger partial charge in [-0.05, 0) is 38.1 Å². The second-order valence-corrected chi connectivity index (χ2v) is 5.88. The zero-order chi connectivity index (χ0) is 18.5. The quantitative estimate of drug-likeness (QED) is 0.683. The van der Waals surface area contributed by atoms with Crippen molar-refractivity contribution in [2.24, 2.45) is 0 Å². The highest BCUT2D eigenvalue weighted by Crippen LogP contribution is 2.15. The van der Waals surface area contributed by atoms with Gasteiger partial charge in [-0.3, -0.25) is 9.59 Å². The Bertz CT molecular complexity index is 935. The number of Topliss-reactive ketones (excluding diaryl/α,β-unsaturated/α-hetero) is 1. The van der Waals surface area contributed by atoms with Gasteiger partial charge >= 0.3 is 0 Å². The number of hydrogen-bond donors (Lipinski definition) is 2. The van der Waals surface area contributed by atoms with Crippen LogP contribution in [0.4, 0.5) is 17.3 Å². The van der Waals surface area contributed by atoms with Gasteiger partial charge in [0, 0.05) is 29.3 Å². The largest absolute Gasteiger partial charge is 0.324 e. The highest BCUT2D eigenvalue weighted by molar-refractivity contribution is 6.04. The van der Waals surface area contributed by atoms with Crippen molar-refractivity contribution in [3.63, 3.8) is 0 Å². The van der Waals surface area contributed by atoms with Crippen molar-refractivity contribution < 1.29 is 9.59 Å². The molecule has 0 saturated heterocycles. The van der Waals surface area contributed by atoms with E-state index in [4.69, 9.17) is 0 Å². The molecule has 26 heavy (non-hydrogen) atoms. The lowest BCUT2D eigenvalue weighted by Gasteiger charge is -2.07. The number of amides is 1. The van der Waals surface area contributed by atoms with Gasteiger partial charge in [0.25, 0.3) is 5.91 Å². The topological polar surface area (TPSA) is 84.0 Å². The predicted molar refractivity (Wildman–Crippen MR) is 101 cm³/mol. The maximum atomic E-state index is 12.3. The van der Waals surface area contributed by atoms with E-state index in [1.54, 1.807) is 24.3 Å². The van der Waals surface area contributed by atoms with Crippen molar-refractivity contribution in [2.45, 2.75) is 13.8 Å². The van der Waals surface area contributed by atoms with Crippen LogP contribution >= 0.6 is 0 Å². The molecule has 0 aliphatic heterocycles. The van der Waals surface area contributed by atoms with Gasteiger partial charge < -0.3 is 10.6 Å². The molecular weight excluding hydrogens is 328 g/mol. The molecule has 6 heteroatoms. The number of carbonyl (C=O) groups excluding carboxylic acids is 2. The summed E-state index contributed by atoms with van der Waals surface area (Å²) in [5.74, 6) is 0.00698. The third kappa shape index (κ3) is 4.30. The summed E-state index contributed by atoms with van der Waals surface area (Å²) in [6, 6.07) is 14.6. The molecule has 0 aliphatic rings. The van der Waals surface area contributed by atoms with Gasteiger partial charge in [0.05, 0.1) is 5.56 Å². The molecule has 2 N–H and O–H groups in total. The predicted octanol–water partition coefficient (Wildman–Crippen LogP) is 3.98. The second-order valence-electron chi connectivity index (χ2n) is 5.88. The van der Waals surface area contributed by atoms with E-state index in [0.29, 0.717) is 22.8 Å². The maximum Gasteiger partial charge on any atom is 0.258 e. The second kappa shape index (κ2) is 7.57. The molecule has 1 aromatic heterocycles. The number of nitrogens with zero attached hydrogens (tertiary/aromatic N) is 2. The average molecular weight is 346 g/mol. The lowest BCUT2D eigenvalue weighted by Crippen LogP contribution is -2.13. The van der Waals surface area contributed by atoms with Gasteiger partial charge in [0.1, 0.15) is 0 Å². The number of aryl methyl sites for hydroxylation is 1. The first-order valence-corrected chi connectivity index (χ1v) is 8.09. The number of benzene rings is 2. The summed E-state index contributed by atoms with van der Waals surface area (Å²) in [4.78, 5) is 32.1. The van der Waals surface area contributed by atoms with E-state index in [0.717, 1.165) is 11.3 Å². The summed E-state index contributed by atoms with van der Waals surface area (Å²) in [6.07, 6.45) is 2.90. The van der Waals surface area contributed by atoms with Crippen molar-refractivity contribution in [1.82, 2.24) is 9.97 Å². The number of hydrogen-bond acceptors (Lipinski definition) is 5. The number of aromatic nitrogens is 2. The summed E-state index contributed by atoms with van der Waals surface area (Å²) >= 11 is 0. The lowest BCUT2D eigenvalue weighted by atomic mass is 10.1. The standard InChI is InChI=1S/C20H18N4O2/c1-13-6-8-17(9-7-13)24-20-21-11-16(12-22-20)19(26)23-18-5-3-4-15(10-18)14(2)25/h3-12H,1-2H3,(H,23,26)(H,21,22,24). The van der Waals surface area contributed by atoms with Crippen LogP contribution in [0.25, 0.3) is 0 Å². The summed E-state index contributed by atoms with van der Waals surface area (Å²) in [6.45, 7) is 3.49. The molecule has 0 aliphatic carbocycles. The molecule has 0 saturated carbocycles. The van der Waals surface area contributed by atoms with Crippen molar-refractivity contribution in [1.29, 1.82) is 0 Å². The van der Waals surface area contributed by atoms with Crippen molar-refractivity contribution >= 4 is 29.0 Å². The Morgan fingerprint density at radius 3 is 2.23 bits per heavy atom. The summed E-state index contributed by atoms with van der Waals surface area (Å²) in [7, 11) is 0. The minimum Gasteiger partial charge on any atom is -0.324 e. The Kier molecular flexibility index (Phi) is 5.03. The third-order valence-corrected chi connectivity index (χ3v) is 3.75. The SMILES string of the molecule is CC(=O)c1cccc(NC(=O)c2cnc(Nc3ccc(C)cc3)nc2)c1. The van der Waals surface area contributed by atoms with E-state index in [1.165, 1.54) is 19.3 Å². The molecule has 0 bridgehead atoms. The number of ketones is 1.